The van der Waals surface area contributed by atoms with E-state index in [1.165, 1.54) is 17.2 Å². The zero-order chi connectivity index (χ0) is 13.9. The Hall–Kier alpha value is -0.620. The standard InChI is InChI=1S/C15H21N3S2/c16-15(19)10-18-7-5-17(6-8-18)9-12-11-20-14-4-2-1-3-13(12)14/h1-4,12H,5-11H2,(H2,16,19). The second kappa shape index (κ2) is 6.43. The van der Waals surface area contributed by atoms with Crippen LogP contribution in [0.25, 0.3) is 0 Å². The molecule has 1 fully saturated rings. The van der Waals surface area contributed by atoms with Gasteiger partial charge in [0.15, 0.2) is 0 Å². The van der Waals surface area contributed by atoms with Crippen molar-refractivity contribution in [2.24, 2.45) is 5.73 Å². The molecule has 1 unspecified atom stereocenters. The minimum Gasteiger partial charge on any atom is -0.392 e. The Kier molecular flexibility index (Phi) is 4.61. The molecular weight excluding hydrogens is 286 g/mol. The van der Waals surface area contributed by atoms with Crippen LogP contribution in [-0.4, -0.2) is 59.8 Å². The van der Waals surface area contributed by atoms with Gasteiger partial charge in [-0.1, -0.05) is 30.4 Å². The first kappa shape index (κ1) is 14.3. The van der Waals surface area contributed by atoms with Crippen molar-refractivity contribution in [3.63, 3.8) is 0 Å². The molecule has 1 atom stereocenters. The van der Waals surface area contributed by atoms with Gasteiger partial charge in [0, 0.05) is 55.8 Å². The smallest absolute Gasteiger partial charge is 0.0870 e. The number of benzene rings is 1. The normalized spacial score (nSPS) is 23.7. The molecule has 0 amide bonds. The number of piperazine rings is 1. The second-order valence-corrected chi connectivity index (χ2v) is 7.18. The van der Waals surface area contributed by atoms with Gasteiger partial charge in [-0.3, -0.25) is 4.90 Å². The van der Waals surface area contributed by atoms with Crippen LogP contribution >= 0.6 is 24.0 Å². The first-order valence-electron chi connectivity index (χ1n) is 7.17. The number of thiocarbonyl (C=S) groups is 1. The number of thioether (sulfide) groups is 1. The molecule has 3 rings (SSSR count). The molecule has 0 bridgehead atoms. The number of nitrogens with zero attached hydrogens (tertiary/aromatic N) is 2. The van der Waals surface area contributed by atoms with E-state index in [1.807, 2.05) is 11.8 Å². The van der Waals surface area contributed by atoms with Gasteiger partial charge in [-0.2, -0.15) is 0 Å². The highest BCUT2D eigenvalue weighted by Gasteiger charge is 2.26. The minimum atomic E-state index is 0.611. The summed E-state index contributed by atoms with van der Waals surface area (Å²) in [6.07, 6.45) is 0. The number of hydrogen-bond donors (Lipinski definition) is 1. The van der Waals surface area contributed by atoms with Crippen molar-refractivity contribution in [1.82, 2.24) is 9.80 Å². The Labute approximate surface area is 130 Å². The van der Waals surface area contributed by atoms with Crippen molar-refractivity contribution in [2.75, 3.05) is 45.0 Å². The lowest BCUT2D eigenvalue weighted by molar-refractivity contribution is 0.141. The summed E-state index contributed by atoms with van der Waals surface area (Å²) < 4.78 is 0. The summed E-state index contributed by atoms with van der Waals surface area (Å²) in [4.78, 5) is 7.03. The predicted octanol–water partition coefficient (Wildman–Crippen LogP) is 1.78. The molecule has 0 saturated carbocycles. The Balaban J connectivity index is 1.52. The molecule has 2 aliphatic heterocycles. The number of nitrogens with two attached hydrogens (primary N) is 1. The average Bonchev–Trinajstić information content (AvgIpc) is 2.84. The molecule has 3 nitrogen and oxygen atoms in total. The first-order chi connectivity index (χ1) is 9.72. The van der Waals surface area contributed by atoms with Crippen LogP contribution in [0, 0.1) is 0 Å². The molecular formula is C15H21N3S2. The van der Waals surface area contributed by atoms with Gasteiger partial charge in [-0.15, -0.1) is 11.8 Å². The van der Waals surface area contributed by atoms with Gasteiger partial charge in [0.05, 0.1) is 4.99 Å². The van der Waals surface area contributed by atoms with Crippen LogP contribution in [0.3, 0.4) is 0 Å². The third kappa shape index (κ3) is 3.34. The average molecular weight is 307 g/mol. The fraction of sp³-hybridized carbons (Fsp3) is 0.533. The van der Waals surface area contributed by atoms with Gasteiger partial charge in [-0.05, 0) is 11.6 Å². The Morgan fingerprint density at radius 1 is 1.20 bits per heavy atom. The topological polar surface area (TPSA) is 32.5 Å². The Bertz CT molecular complexity index is 484. The molecule has 2 heterocycles. The quantitative estimate of drug-likeness (QED) is 0.857. The summed E-state index contributed by atoms with van der Waals surface area (Å²) in [7, 11) is 0. The molecule has 1 aromatic rings. The highest BCUT2D eigenvalue weighted by molar-refractivity contribution is 7.99. The van der Waals surface area contributed by atoms with E-state index in [1.54, 1.807) is 5.56 Å². The highest BCUT2D eigenvalue weighted by atomic mass is 32.2. The van der Waals surface area contributed by atoms with Crippen LogP contribution < -0.4 is 5.73 Å². The van der Waals surface area contributed by atoms with E-state index < -0.39 is 0 Å². The molecule has 2 aliphatic rings. The number of hydrogen-bond acceptors (Lipinski definition) is 4. The number of fused-ring (bicyclic) bond motifs is 1. The molecule has 108 valence electrons. The largest absolute Gasteiger partial charge is 0.392 e. The van der Waals surface area contributed by atoms with Gasteiger partial charge in [0.1, 0.15) is 0 Å². The van der Waals surface area contributed by atoms with Gasteiger partial charge >= 0.3 is 0 Å². The maximum atomic E-state index is 5.62. The maximum Gasteiger partial charge on any atom is 0.0870 e. The highest BCUT2D eigenvalue weighted by Crippen LogP contribution is 2.39. The zero-order valence-electron chi connectivity index (χ0n) is 11.6. The van der Waals surface area contributed by atoms with Crippen LogP contribution in [0.2, 0.25) is 0 Å². The molecule has 0 aromatic heterocycles. The van der Waals surface area contributed by atoms with Crippen LogP contribution in [0.1, 0.15) is 11.5 Å². The molecule has 1 aromatic carbocycles. The van der Waals surface area contributed by atoms with E-state index in [9.17, 15) is 0 Å². The van der Waals surface area contributed by atoms with Crippen molar-refractivity contribution in [3.8, 4) is 0 Å². The number of rotatable bonds is 4. The van der Waals surface area contributed by atoms with Crippen molar-refractivity contribution in [1.29, 1.82) is 0 Å². The fourth-order valence-electron chi connectivity index (χ4n) is 3.04. The van der Waals surface area contributed by atoms with Crippen LogP contribution in [0.4, 0.5) is 0 Å². The predicted molar refractivity (Wildman–Crippen MR) is 89.6 cm³/mol. The van der Waals surface area contributed by atoms with E-state index in [0.717, 1.165) is 32.7 Å². The second-order valence-electron chi connectivity index (χ2n) is 5.59. The maximum absolute atomic E-state index is 5.62. The summed E-state index contributed by atoms with van der Waals surface area (Å²) in [5.41, 5.74) is 7.16. The summed E-state index contributed by atoms with van der Waals surface area (Å²) in [5.74, 6) is 1.92. The van der Waals surface area contributed by atoms with Crippen LogP contribution in [0.5, 0.6) is 0 Å². The van der Waals surface area contributed by atoms with Crippen molar-refractivity contribution >= 4 is 29.0 Å². The summed E-state index contributed by atoms with van der Waals surface area (Å²) in [6, 6.07) is 8.85. The van der Waals surface area contributed by atoms with Gasteiger partial charge in [0.2, 0.25) is 0 Å². The third-order valence-electron chi connectivity index (χ3n) is 4.12. The van der Waals surface area contributed by atoms with E-state index in [4.69, 9.17) is 18.0 Å². The summed E-state index contributed by atoms with van der Waals surface area (Å²) in [5, 5.41) is 0. The molecule has 2 N–H and O–H groups in total. The lowest BCUT2D eigenvalue weighted by atomic mass is 10.0. The molecule has 0 aliphatic carbocycles. The monoisotopic (exact) mass is 307 g/mol. The van der Waals surface area contributed by atoms with Crippen molar-refractivity contribution in [2.45, 2.75) is 10.8 Å². The zero-order valence-corrected chi connectivity index (χ0v) is 13.3. The lowest BCUT2D eigenvalue weighted by Crippen LogP contribution is -2.49. The summed E-state index contributed by atoms with van der Waals surface area (Å²) >= 11 is 6.99. The van der Waals surface area contributed by atoms with Gasteiger partial charge in [0.25, 0.3) is 0 Å². The van der Waals surface area contributed by atoms with Crippen LogP contribution in [-0.2, 0) is 0 Å². The minimum absolute atomic E-state index is 0.611. The van der Waals surface area contributed by atoms with E-state index in [2.05, 4.69) is 34.1 Å². The lowest BCUT2D eigenvalue weighted by Gasteiger charge is -2.35. The van der Waals surface area contributed by atoms with E-state index in [0.29, 0.717) is 10.9 Å². The van der Waals surface area contributed by atoms with Gasteiger partial charge < -0.3 is 10.6 Å². The van der Waals surface area contributed by atoms with Gasteiger partial charge in [-0.25, -0.2) is 0 Å². The molecule has 1 saturated heterocycles. The fourth-order valence-corrected chi connectivity index (χ4v) is 4.47. The SMILES string of the molecule is NC(=S)CN1CCN(CC2CSc3ccccc32)CC1. The van der Waals surface area contributed by atoms with Crippen molar-refractivity contribution < 1.29 is 0 Å². The van der Waals surface area contributed by atoms with Crippen molar-refractivity contribution in [3.05, 3.63) is 29.8 Å². The Morgan fingerprint density at radius 2 is 1.90 bits per heavy atom. The Morgan fingerprint density at radius 3 is 2.65 bits per heavy atom. The van der Waals surface area contributed by atoms with E-state index in [-0.39, 0.29) is 0 Å². The van der Waals surface area contributed by atoms with Crippen LogP contribution in [0.15, 0.2) is 29.2 Å². The first-order valence-corrected chi connectivity index (χ1v) is 8.56. The molecule has 5 heteroatoms. The van der Waals surface area contributed by atoms with E-state index >= 15 is 0 Å². The molecule has 0 radical (unpaired) electrons. The third-order valence-corrected chi connectivity index (χ3v) is 5.50. The molecule has 20 heavy (non-hydrogen) atoms. The summed E-state index contributed by atoms with van der Waals surface area (Å²) in [6.45, 7) is 6.38. The molecule has 0 spiro atoms.